The Hall–Kier alpha value is -0.520. The summed E-state index contributed by atoms with van der Waals surface area (Å²) in [5.41, 5.74) is 0. The number of esters is 1. The molecule has 0 spiro atoms. The van der Waals surface area contributed by atoms with Crippen molar-refractivity contribution in [1.29, 1.82) is 0 Å². The van der Waals surface area contributed by atoms with Crippen LogP contribution in [0.3, 0.4) is 0 Å². The van der Waals surface area contributed by atoms with Gasteiger partial charge in [0.1, 0.15) is 0 Å². The number of hydrogen-bond donors (Lipinski definition) is 0. The Kier molecular flexibility index (Phi) is 5.14. The summed E-state index contributed by atoms with van der Waals surface area (Å²) >= 11 is -1.76. The van der Waals surface area contributed by atoms with Crippen LogP contribution in [0.15, 0.2) is 9.91 Å². The predicted octanol–water partition coefficient (Wildman–Crippen LogP) is 1.12. The van der Waals surface area contributed by atoms with Crippen LogP contribution in [0.2, 0.25) is 4.18 Å². The molecule has 0 fully saturated rings. The van der Waals surface area contributed by atoms with E-state index in [0.717, 1.165) is 6.42 Å². The molecule has 0 N–H and O–H groups in total. The molecule has 15 heavy (non-hydrogen) atoms. The van der Waals surface area contributed by atoms with Gasteiger partial charge in [-0.05, 0) is 0 Å². The average Bonchev–Trinajstić information content (AvgIpc) is 2.67. The van der Waals surface area contributed by atoms with Crippen molar-refractivity contribution in [3.8, 4) is 0 Å². The molecule has 6 heteroatoms. The van der Waals surface area contributed by atoms with Crippen LogP contribution in [-0.2, 0) is 9.53 Å². The number of nitro groups is 1. The van der Waals surface area contributed by atoms with Gasteiger partial charge < -0.3 is 0 Å². The van der Waals surface area contributed by atoms with E-state index in [-0.39, 0.29) is 16.8 Å². The van der Waals surface area contributed by atoms with Gasteiger partial charge >= 0.3 is 96.2 Å². The zero-order valence-electron chi connectivity index (χ0n) is 8.72. The van der Waals surface area contributed by atoms with Gasteiger partial charge in [-0.2, -0.15) is 0 Å². The number of carbonyl (C=O) groups excluding carboxylic acids is 1. The zero-order chi connectivity index (χ0) is 11.3. The fraction of sp³-hybridized carbons (Fsp3) is 0.667. The van der Waals surface area contributed by atoms with E-state index in [1.807, 2.05) is 6.92 Å². The molecular formula is C9H14InNO4. The summed E-state index contributed by atoms with van der Waals surface area (Å²) in [6.07, 6.45) is 3.15. The molecule has 5 nitrogen and oxygen atoms in total. The van der Waals surface area contributed by atoms with Crippen molar-refractivity contribution in [2.45, 2.75) is 27.8 Å². The third-order valence-electron chi connectivity index (χ3n) is 2.47. The second-order valence-corrected chi connectivity index (χ2v) is 12.9. The molecule has 1 aliphatic heterocycles. The van der Waals surface area contributed by atoms with E-state index >= 15 is 0 Å². The Bertz CT molecular complexity index is 279. The maximum atomic E-state index is 11.2. The molecule has 0 aromatic carbocycles. The van der Waals surface area contributed by atoms with Crippen LogP contribution in [0.1, 0.15) is 19.8 Å². The van der Waals surface area contributed by atoms with Crippen molar-refractivity contribution in [2.24, 2.45) is 0 Å². The van der Waals surface area contributed by atoms with E-state index in [0.29, 0.717) is 0 Å². The van der Waals surface area contributed by atoms with E-state index in [1.165, 1.54) is 4.18 Å². The predicted molar refractivity (Wildman–Crippen MR) is 56.4 cm³/mol. The van der Waals surface area contributed by atoms with Crippen molar-refractivity contribution >= 4 is 27.4 Å². The van der Waals surface area contributed by atoms with Crippen molar-refractivity contribution in [3.63, 3.8) is 0 Å². The first-order valence-corrected chi connectivity index (χ1v) is 11.2. The molecule has 0 bridgehead atoms. The number of ether oxygens (including phenoxy) is 1. The summed E-state index contributed by atoms with van der Waals surface area (Å²) in [5.74, 6) is -0.434. The second-order valence-electron chi connectivity index (χ2n) is 3.67. The minimum absolute atomic E-state index is 0.0322. The van der Waals surface area contributed by atoms with Crippen LogP contribution in [0.4, 0.5) is 0 Å². The summed E-state index contributed by atoms with van der Waals surface area (Å²) in [7, 11) is 0. The van der Waals surface area contributed by atoms with Crippen LogP contribution in [0.5, 0.6) is 0 Å². The summed E-state index contributed by atoms with van der Waals surface area (Å²) in [4.78, 5) is 20.7. The van der Waals surface area contributed by atoms with Gasteiger partial charge in [0.05, 0.1) is 0 Å². The Balaban J connectivity index is 2.24. The Morgan fingerprint density at radius 2 is 2.47 bits per heavy atom. The Morgan fingerprint density at radius 1 is 1.73 bits per heavy atom. The number of rotatable bonds is 5. The summed E-state index contributed by atoms with van der Waals surface area (Å²) < 4.78 is 8.66. The van der Waals surface area contributed by atoms with Crippen LogP contribution in [0, 0.1) is 10.1 Å². The van der Waals surface area contributed by atoms with Crippen LogP contribution in [-0.4, -0.2) is 42.7 Å². The molecule has 1 atom stereocenters. The van der Waals surface area contributed by atoms with Crippen molar-refractivity contribution < 1.29 is 14.5 Å². The first kappa shape index (κ1) is 12.5. The molecule has 0 aliphatic carbocycles. The minimum atomic E-state index is -1.76. The van der Waals surface area contributed by atoms with Gasteiger partial charge in [-0.15, -0.1) is 0 Å². The number of carbonyl (C=O) groups is 1. The van der Waals surface area contributed by atoms with E-state index in [1.54, 1.807) is 0 Å². The molecule has 1 rings (SSSR count). The molecular weight excluding hydrogens is 301 g/mol. The fourth-order valence-corrected chi connectivity index (χ4v) is 8.49. The number of nitrogens with zero attached hydrogens (tertiary/aromatic N) is 1. The van der Waals surface area contributed by atoms with Gasteiger partial charge in [0, 0.05) is 0 Å². The van der Waals surface area contributed by atoms with Gasteiger partial charge in [0.2, 0.25) is 0 Å². The third-order valence-corrected chi connectivity index (χ3v) is 11.3. The first-order chi connectivity index (χ1) is 7.09. The van der Waals surface area contributed by atoms with Crippen molar-refractivity contribution in [1.82, 2.24) is 0 Å². The van der Waals surface area contributed by atoms with E-state index in [9.17, 15) is 14.9 Å². The van der Waals surface area contributed by atoms with Crippen LogP contribution in [0.25, 0.3) is 0 Å². The van der Waals surface area contributed by atoms with Crippen molar-refractivity contribution in [2.75, 3.05) is 6.54 Å². The van der Waals surface area contributed by atoms with E-state index in [4.69, 9.17) is 4.74 Å². The molecule has 0 amide bonds. The third kappa shape index (κ3) is 4.68. The average molecular weight is 315 g/mol. The summed E-state index contributed by atoms with van der Waals surface area (Å²) in [5, 5.41) is 10.0. The zero-order valence-corrected chi connectivity index (χ0v) is 12.0. The molecule has 0 aromatic rings. The maximum absolute atomic E-state index is 11.2. The number of allylic oxidation sites excluding steroid dienone is 1. The molecule has 0 radical (unpaired) electrons. The molecule has 1 unspecified atom stereocenters. The standard InChI is InChI=1S/C5H8NO4.C4H6.In/c1-2-10-5(7)3-4-6(8)9;1-3-4-2;/h2H,3-4H2,1H3;1,3H,2,4H2;. The summed E-state index contributed by atoms with van der Waals surface area (Å²) in [6, 6.07) is 0. The molecule has 1 aliphatic rings. The molecule has 0 saturated carbocycles. The van der Waals surface area contributed by atoms with Gasteiger partial charge in [-0.3, -0.25) is 0 Å². The van der Waals surface area contributed by atoms with Gasteiger partial charge in [0.15, 0.2) is 0 Å². The van der Waals surface area contributed by atoms with Crippen LogP contribution >= 0.6 is 0 Å². The van der Waals surface area contributed by atoms with E-state index in [2.05, 4.69) is 9.91 Å². The van der Waals surface area contributed by atoms with Crippen molar-refractivity contribution in [3.05, 3.63) is 20.0 Å². The SMILES string of the molecule is C[CH](OC(=O)CC[N+](=O)[O-])[In]1[CH]=CC[CH2]1. The Labute approximate surface area is 96.2 Å². The monoisotopic (exact) mass is 315 g/mol. The first-order valence-electron chi connectivity index (χ1n) is 5.07. The normalized spacial score (nSPS) is 16.5. The summed E-state index contributed by atoms with van der Waals surface area (Å²) in [6.45, 7) is 1.59. The fourth-order valence-electron chi connectivity index (χ4n) is 1.58. The Morgan fingerprint density at radius 3 is 3.00 bits per heavy atom. The molecule has 0 saturated heterocycles. The molecule has 1 heterocycles. The van der Waals surface area contributed by atoms with Gasteiger partial charge in [-0.25, -0.2) is 0 Å². The number of hydrogen-bond acceptors (Lipinski definition) is 4. The van der Waals surface area contributed by atoms with Crippen LogP contribution < -0.4 is 0 Å². The second kappa shape index (κ2) is 6.15. The van der Waals surface area contributed by atoms with Gasteiger partial charge in [0.25, 0.3) is 0 Å². The van der Waals surface area contributed by atoms with E-state index < -0.39 is 32.3 Å². The topological polar surface area (TPSA) is 69.4 Å². The van der Waals surface area contributed by atoms with Gasteiger partial charge in [-0.1, -0.05) is 0 Å². The molecule has 0 aromatic heterocycles. The molecule has 82 valence electrons. The quantitative estimate of drug-likeness (QED) is 0.433.